The van der Waals surface area contributed by atoms with Crippen molar-refractivity contribution in [3.63, 3.8) is 0 Å². The molecule has 0 saturated carbocycles. The molecule has 1 aromatic rings. The molecule has 0 aromatic heterocycles. The second-order valence-corrected chi connectivity index (χ2v) is 3.51. The first-order valence-electron chi connectivity index (χ1n) is 4.78. The van der Waals surface area contributed by atoms with Crippen molar-refractivity contribution in [2.45, 2.75) is 19.1 Å². The highest BCUT2D eigenvalue weighted by Gasteiger charge is 2.22. The lowest BCUT2D eigenvalue weighted by molar-refractivity contribution is 0.199. The number of rotatable bonds is 4. The molecule has 76 valence electrons. The molecule has 1 saturated heterocycles. The topological polar surface area (TPSA) is 42.0 Å². The molecule has 0 radical (unpaired) electrons. The van der Waals surface area contributed by atoms with E-state index in [0.717, 1.165) is 17.9 Å². The first-order valence-corrected chi connectivity index (χ1v) is 4.78. The summed E-state index contributed by atoms with van der Waals surface area (Å²) in [7, 11) is 0. The number of hydrogen-bond donors (Lipinski definition) is 1. The van der Waals surface area contributed by atoms with E-state index >= 15 is 0 Å². The van der Waals surface area contributed by atoms with Gasteiger partial charge in [0.15, 0.2) is 0 Å². The normalized spacial score (nSPS) is 21.7. The van der Waals surface area contributed by atoms with Gasteiger partial charge in [-0.15, -0.1) is 0 Å². The summed E-state index contributed by atoms with van der Waals surface area (Å²) < 4.78 is 10.5. The zero-order chi connectivity index (χ0) is 9.97. The van der Waals surface area contributed by atoms with Crippen LogP contribution in [0.3, 0.4) is 0 Å². The van der Waals surface area contributed by atoms with Gasteiger partial charge in [-0.25, -0.2) is 0 Å². The van der Waals surface area contributed by atoms with E-state index in [1.807, 2.05) is 24.3 Å². The minimum Gasteiger partial charge on any atom is -0.491 e. The Labute approximate surface area is 83.3 Å². The van der Waals surface area contributed by atoms with E-state index in [2.05, 4.69) is 0 Å². The van der Waals surface area contributed by atoms with Crippen LogP contribution in [-0.2, 0) is 4.74 Å². The Balaban J connectivity index is 1.91. The van der Waals surface area contributed by atoms with Crippen LogP contribution in [0.5, 0.6) is 5.75 Å². The number of hydrogen-bond acceptors (Lipinski definition) is 3. The van der Waals surface area contributed by atoms with Crippen LogP contribution < -0.4 is 4.74 Å². The molecule has 1 aliphatic heterocycles. The molecular formula is C11H14O3. The van der Waals surface area contributed by atoms with Crippen molar-refractivity contribution in [2.75, 3.05) is 13.2 Å². The summed E-state index contributed by atoms with van der Waals surface area (Å²) in [5.41, 5.74) is 0.903. The van der Waals surface area contributed by atoms with Crippen LogP contribution in [0.1, 0.15) is 18.6 Å². The second kappa shape index (κ2) is 3.98. The number of benzene rings is 1. The fraction of sp³-hybridized carbons (Fsp3) is 0.455. The minimum atomic E-state index is -0.421. The molecule has 1 aromatic carbocycles. The van der Waals surface area contributed by atoms with Crippen LogP contribution >= 0.6 is 0 Å². The maximum Gasteiger partial charge on any atom is 0.119 e. The summed E-state index contributed by atoms with van der Waals surface area (Å²) in [5, 5.41) is 9.28. The van der Waals surface area contributed by atoms with Gasteiger partial charge in [0.05, 0.1) is 12.7 Å². The first kappa shape index (κ1) is 9.49. The molecule has 0 aliphatic carbocycles. The number of ether oxygens (including phenoxy) is 2. The number of aliphatic hydroxyl groups excluding tert-OH is 1. The molecule has 0 bridgehead atoms. The minimum absolute atomic E-state index is 0.284. The van der Waals surface area contributed by atoms with Gasteiger partial charge in [0, 0.05) is 0 Å². The summed E-state index contributed by atoms with van der Waals surface area (Å²) in [4.78, 5) is 0. The molecule has 3 heteroatoms. The molecular weight excluding hydrogens is 180 g/mol. The summed E-state index contributed by atoms with van der Waals surface area (Å²) in [5.74, 6) is 0.824. The number of epoxide rings is 1. The predicted octanol–water partition coefficient (Wildman–Crippen LogP) is 1.52. The lowest BCUT2D eigenvalue weighted by Crippen LogP contribution is -2.04. The van der Waals surface area contributed by atoms with E-state index in [1.165, 1.54) is 0 Å². The van der Waals surface area contributed by atoms with Gasteiger partial charge in [0.25, 0.3) is 0 Å². The van der Waals surface area contributed by atoms with Crippen molar-refractivity contribution in [1.29, 1.82) is 0 Å². The SMILES string of the molecule is C[C@@H](O)c1ccc(OC[C@H]2CO2)cc1. The molecule has 3 nitrogen and oxygen atoms in total. The van der Waals surface area contributed by atoms with Crippen molar-refractivity contribution in [3.8, 4) is 5.75 Å². The monoisotopic (exact) mass is 194 g/mol. The van der Waals surface area contributed by atoms with Gasteiger partial charge in [0.2, 0.25) is 0 Å². The fourth-order valence-electron chi connectivity index (χ4n) is 1.20. The summed E-state index contributed by atoms with van der Waals surface area (Å²) in [6.07, 6.45) is -0.137. The highest BCUT2D eigenvalue weighted by atomic mass is 16.6. The third kappa shape index (κ3) is 2.47. The predicted molar refractivity (Wildman–Crippen MR) is 52.3 cm³/mol. The molecule has 0 unspecified atom stereocenters. The Morgan fingerprint density at radius 1 is 1.50 bits per heavy atom. The van der Waals surface area contributed by atoms with Gasteiger partial charge in [0.1, 0.15) is 18.5 Å². The molecule has 1 N–H and O–H groups in total. The standard InChI is InChI=1S/C11H14O3/c1-8(12)9-2-4-10(5-3-9)13-6-11-7-14-11/h2-5,8,11-12H,6-7H2,1H3/t8-,11+/m1/s1. The van der Waals surface area contributed by atoms with Gasteiger partial charge in [-0.05, 0) is 24.6 Å². The van der Waals surface area contributed by atoms with Gasteiger partial charge in [-0.3, -0.25) is 0 Å². The van der Waals surface area contributed by atoms with E-state index < -0.39 is 6.10 Å². The Kier molecular flexibility index (Phi) is 2.70. The van der Waals surface area contributed by atoms with Crippen molar-refractivity contribution < 1.29 is 14.6 Å². The van der Waals surface area contributed by atoms with Crippen LogP contribution in [0, 0.1) is 0 Å². The molecule has 2 rings (SSSR count). The maximum absolute atomic E-state index is 9.28. The summed E-state index contributed by atoms with van der Waals surface area (Å²) >= 11 is 0. The van der Waals surface area contributed by atoms with Crippen molar-refractivity contribution in [3.05, 3.63) is 29.8 Å². The zero-order valence-electron chi connectivity index (χ0n) is 8.14. The first-order chi connectivity index (χ1) is 6.75. The van der Waals surface area contributed by atoms with E-state index in [-0.39, 0.29) is 6.10 Å². The van der Waals surface area contributed by atoms with Gasteiger partial charge in [-0.2, -0.15) is 0 Å². The van der Waals surface area contributed by atoms with Crippen molar-refractivity contribution in [2.24, 2.45) is 0 Å². The van der Waals surface area contributed by atoms with Crippen LogP contribution in [0.4, 0.5) is 0 Å². The third-order valence-electron chi connectivity index (χ3n) is 2.20. The highest BCUT2D eigenvalue weighted by Crippen LogP contribution is 2.18. The lowest BCUT2D eigenvalue weighted by Gasteiger charge is -2.07. The van der Waals surface area contributed by atoms with Gasteiger partial charge in [-0.1, -0.05) is 12.1 Å². The Morgan fingerprint density at radius 2 is 2.14 bits per heavy atom. The molecule has 0 amide bonds. The average Bonchev–Trinajstić information content (AvgIpc) is 2.99. The number of aliphatic hydroxyl groups is 1. The second-order valence-electron chi connectivity index (χ2n) is 3.51. The average molecular weight is 194 g/mol. The lowest BCUT2D eigenvalue weighted by atomic mass is 10.1. The summed E-state index contributed by atoms with van der Waals surface area (Å²) in [6, 6.07) is 7.47. The maximum atomic E-state index is 9.28. The van der Waals surface area contributed by atoms with Gasteiger partial charge < -0.3 is 14.6 Å². The van der Waals surface area contributed by atoms with Gasteiger partial charge >= 0.3 is 0 Å². The van der Waals surface area contributed by atoms with Crippen molar-refractivity contribution in [1.82, 2.24) is 0 Å². The van der Waals surface area contributed by atoms with E-state index in [0.29, 0.717) is 6.61 Å². The quantitative estimate of drug-likeness (QED) is 0.739. The molecule has 0 spiro atoms. The molecule has 1 heterocycles. The Hall–Kier alpha value is -1.06. The van der Waals surface area contributed by atoms with Crippen LogP contribution in [0.2, 0.25) is 0 Å². The fourth-order valence-corrected chi connectivity index (χ4v) is 1.20. The largest absolute Gasteiger partial charge is 0.491 e. The molecule has 1 aliphatic rings. The van der Waals surface area contributed by atoms with Crippen LogP contribution in [0.15, 0.2) is 24.3 Å². The van der Waals surface area contributed by atoms with Crippen LogP contribution in [0.25, 0.3) is 0 Å². The van der Waals surface area contributed by atoms with Crippen LogP contribution in [-0.4, -0.2) is 24.4 Å². The van der Waals surface area contributed by atoms with E-state index in [1.54, 1.807) is 6.92 Å². The van der Waals surface area contributed by atoms with E-state index in [9.17, 15) is 5.11 Å². The Morgan fingerprint density at radius 3 is 2.64 bits per heavy atom. The smallest absolute Gasteiger partial charge is 0.119 e. The van der Waals surface area contributed by atoms with E-state index in [4.69, 9.17) is 9.47 Å². The van der Waals surface area contributed by atoms with Crippen molar-refractivity contribution >= 4 is 0 Å². The molecule has 14 heavy (non-hydrogen) atoms. The third-order valence-corrected chi connectivity index (χ3v) is 2.20. The highest BCUT2D eigenvalue weighted by molar-refractivity contribution is 5.28. The zero-order valence-corrected chi connectivity index (χ0v) is 8.14. The molecule has 2 atom stereocenters. The molecule has 1 fully saturated rings. The Bertz CT molecular complexity index is 288. The summed E-state index contributed by atoms with van der Waals surface area (Å²) in [6.45, 7) is 3.17.